The largest absolute Gasteiger partial charge is 0.341 e. The van der Waals surface area contributed by atoms with Crippen LogP contribution in [0, 0.1) is 11.3 Å². The van der Waals surface area contributed by atoms with Gasteiger partial charge in [0.05, 0.1) is 28.5 Å². The number of pyridine rings is 1. The highest BCUT2D eigenvalue weighted by Crippen LogP contribution is 2.28. The van der Waals surface area contributed by atoms with Crippen molar-refractivity contribution < 1.29 is 0 Å². The lowest BCUT2D eigenvalue weighted by Gasteiger charge is -2.33. The molecule has 1 saturated heterocycles. The van der Waals surface area contributed by atoms with Crippen LogP contribution in [0.15, 0.2) is 28.0 Å². The second kappa shape index (κ2) is 7.46. The fourth-order valence-electron chi connectivity index (χ4n) is 3.53. The Labute approximate surface area is 174 Å². The summed E-state index contributed by atoms with van der Waals surface area (Å²) >= 11 is 12.1. The van der Waals surface area contributed by atoms with Gasteiger partial charge in [-0.3, -0.25) is 14.2 Å². The molecule has 3 aromatic rings. The number of anilines is 1. The van der Waals surface area contributed by atoms with E-state index in [1.54, 1.807) is 6.07 Å². The quantitative estimate of drug-likeness (QED) is 0.449. The molecule has 9 nitrogen and oxygen atoms in total. The molecule has 0 aliphatic carbocycles. The van der Waals surface area contributed by atoms with E-state index in [2.05, 4.69) is 15.0 Å². The summed E-state index contributed by atoms with van der Waals surface area (Å²) < 4.78 is 2.67. The Hall–Kier alpha value is -2.96. The Morgan fingerprint density at radius 3 is 2.41 bits per heavy atom. The fourth-order valence-corrected chi connectivity index (χ4v) is 3.81. The van der Waals surface area contributed by atoms with E-state index in [1.807, 2.05) is 11.0 Å². The summed E-state index contributed by atoms with van der Waals surface area (Å²) in [4.78, 5) is 39.9. The zero-order valence-corrected chi connectivity index (χ0v) is 16.9. The van der Waals surface area contributed by atoms with Gasteiger partial charge < -0.3 is 9.47 Å². The molecule has 29 heavy (non-hydrogen) atoms. The number of fused-ring (bicyclic) bond motifs is 1. The number of halogens is 2. The molecule has 1 fully saturated rings. The Balaban J connectivity index is 1.69. The summed E-state index contributed by atoms with van der Waals surface area (Å²) in [5, 5.41) is 9.16. The van der Waals surface area contributed by atoms with Crippen LogP contribution in [0.1, 0.15) is 24.4 Å². The second-order valence-corrected chi connectivity index (χ2v) is 7.51. The highest BCUT2D eigenvalue weighted by molar-refractivity contribution is 6.41. The van der Waals surface area contributed by atoms with Crippen LogP contribution in [0.5, 0.6) is 0 Å². The maximum Gasteiger partial charge on any atom is 0.318 e. The van der Waals surface area contributed by atoms with Crippen molar-refractivity contribution in [2.75, 3.05) is 18.0 Å². The smallest absolute Gasteiger partial charge is 0.318 e. The van der Waals surface area contributed by atoms with E-state index in [9.17, 15) is 9.59 Å². The number of hydrogen-bond donors (Lipinski definition) is 0. The second-order valence-electron chi connectivity index (χ2n) is 6.74. The molecule has 0 spiro atoms. The molecule has 4 rings (SSSR count). The maximum absolute atomic E-state index is 12.8. The van der Waals surface area contributed by atoms with Gasteiger partial charge in [-0.25, -0.2) is 15.0 Å². The van der Waals surface area contributed by atoms with Crippen molar-refractivity contribution >= 4 is 40.3 Å². The summed E-state index contributed by atoms with van der Waals surface area (Å²) in [6.07, 6.45) is 4.13. The molecule has 0 radical (unpaired) electrons. The van der Waals surface area contributed by atoms with Crippen molar-refractivity contribution in [1.29, 1.82) is 5.26 Å². The molecule has 0 atom stereocenters. The number of nitriles is 1. The first-order valence-corrected chi connectivity index (χ1v) is 9.60. The minimum atomic E-state index is -0.643. The third kappa shape index (κ3) is 3.34. The van der Waals surface area contributed by atoms with Crippen LogP contribution in [0.25, 0.3) is 11.2 Å². The lowest BCUT2D eigenvalue weighted by Crippen LogP contribution is -2.45. The predicted molar refractivity (Wildman–Crippen MR) is 108 cm³/mol. The number of hydrogen-bond acceptors (Lipinski definition) is 7. The molecule has 0 N–H and O–H groups in total. The van der Waals surface area contributed by atoms with Gasteiger partial charge in [0.2, 0.25) is 5.95 Å². The summed E-state index contributed by atoms with van der Waals surface area (Å²) in [7, 11) is 1.51. The third-order valence-electron chi connectivity index (χ3n) is 5.07. The van der Waals surface area contributed by atoms with Crippen molar-refractivity contribution in [3.05, 3.63) is 54.9 Å². The zero-order valence-electron chi connectivity index (χ0n) is 15.3. The van der Waals surface area contributed by atoms with E-state index in [1.165, 1.54) is 28.6 Å². The summed E-state index contributed by atoms with van der Waals surface area (Å²) in [6.45, 7) is 1.17. The van der Waals surface area contributed by atoms with Crippen molar-refractivity contribution in [2.24, 2.45) is 7.05 Å². The molecule has 0 saturated carbocycles. The van der Waals surface area contributed by atoms with Gasteiger partial charge in [0.25, 0.3) is 0 Å². The average Bonchev–Trinajstić information content (AvgIpc) is 2.74. The van der Waals surface area contributed by atoms with E-state index in [0.717, 1.165) is 0 Å². The lowest BCUT2D eigenvalue weighted by atomic mass is 10.0. The predicted octanol–water partition coefficient (Wildman–Crippen LogP) is 1.91. The normalized spacial score (nSPS) is 14.9. The van der Waals surface area contributed by atoms with Crippen molar-refractivity contribution in [1.82, 2.24) is 24.1 Å². The Morgan fingerprint density at radius 2 is 1.79 bits per heavy atom. The van der Waals surface area contributed by atoms with Crippen LogP contribution in [0.3, 0.4) is 0 Å². The number of nitrogens with zero attached hydrogens (tertiary/aromatic N) is 7. The summed E-state index contributed by atoms with van der Waals surface area (Å²) in [6, 6.07) is 3.31. The van der Waals surface area contributed by atoms with E-state index in [-0.39, 0.29) is 16.2 Å². The molecule has 1 aliphatic rings. The Kier molecular flexibility index (Phi) is 4.98. The molecule has 1 aliphatic heterocycles. The van der Waals surface area contributed by atoms with Gasteiger partial charge in [-0.05, 0) is 18.9 Å². The van der Waals surface area contributed by atoms with Gasteiger partial charge >= 0.3 is 11.1 Å². The Bertz CT molecular complexity index is 1250. The number of piperidine rings is 1. The summed E-state index contributed by atoms with van der Waals surface area (Å²) in [5.74, 6) is 0.525. The molecule has 11 heteroatoms. The molecular formula is C18H15Cl2N7O2. The van der Waals surface area contributed by atoms with Crippen LogP contribution < -0.4 is 16.0 Å². The van der Waals surface area contributed by atoms with E-state index >= 15 is 0 Å². The highest BCUT2D eigenvalue weighted by Gasteiger charge is 2.26. The average molecular weight is 432 g/mol. The molecular weight excluding hydrogens is 417 g/mol. The third-order valence-corrected chi connectivity index (χ3v) is 5.74. The van der Waals surface area contributed by atoms with Gasteiger partial charge in [-0.1, -0.05) is 23.2 Å². The van der Waals surface area contributed by atoms with Gasteiger partial charge in [-0.2, -0.15) is 5.26 Å². The van der Waals surface area contributed by atoms with Crippen LogP contribution >= 0.6 is 23.2 Å². The first-order valence-electron chi connectivity index (χ1n) is 8.85. The van der Waals surface area contributed by atoms with Crippen molar-refractivity contribution in [2.45, 2.75) is 18.9 Å². The number of aryl methyl sites for hydroxylation is 1. The Morgan fingerprint density at radius 1 is 1.14 bits per heavy atom. The fraction of sp³-hybridized carbons (Fsp3) is 0.333. The van der Waals surface area contributed by atoms with Crippen LogP contribution in [0.4, 0.5) is 5.95 Å². The molecule has 3 aromatic heterocycles. The van der Waals surface area contributed by atoms with Crippen molar-refractivity contribution in [3.63, 3.8) is 0 Å². The number of rotatable bonds is 2. The zero-order chi connectivity index (χ0) is 20.7. The molecule has 148 valence electrons. The SMILES string of the molecule is Cn1c(=O)c(=O)n(C2CCN(c3ncc(C#N)cn3)CC2)c2nc(Cl)c(Cl)cc21. The van der Waals surface area contributed by atoms with Gasteiger partial charge in [0, 0.05) is 26.2 Å². The minimum absolute atomic E-state index is 0.0781. The summed E-state index contributed by atoms with van der Waals surface area (Å²) in [5.41, 5.74) is -0.112. The standard InChI is InChI=1S/C18H15Cl2N7O2/c1-25-13-6-12(19)14(20)24-15(13)27(17(29)16(25)28)11-2-4-26(5-3-11)18-22-8-10(7-21)9-23-18/h6,8-9,11H,2-5H2,1H3. The molecule has 0 aromatic carbocycles. The van der Waals surface area contributed by atoms with Crippen LogP contribution in [0.2, 0.25) is 10.2 Å². The van der Waals surface area contributed by atoms with Gasteiger partial charge in [0.15, 0.2) is 5.65 Å². The number of aromatic nitrogens is 5. The van der Waals surface area contributed by atoms with Gasteiger partial charge in [-0.15, -0.1) is 0 Å². The monoisotopic (exact) mass is 431 g/mol. The first kappa shape index (κ1) is 19.4. The lowest BCUT2D eigenvalue weighted by molar-refractivity contribution is 0.389. The van der Waals surface area contributed by atoms with Crippen molar-refractivity contribution in [3.8, 4) is 6.07 Å². The first-order chi connectivity index (χ1) is 13.9. The topological polar surface area (TPSA) is 110 Å². The highest BCUT2D eigenvalue weighted by atomic mass is 35.5. The minimum Gasteiger partial charge on any atom is -0.341 e. The van der Waals surface area contributed by atoms with E-state index in [0.29, 0.717) is 48.6 Å². The molecule has 0 amide bonds. The molecule has 0 unspecified atom stereocenters. The molecule has 0 bridgehead atoms. The van der Waals surface area contributed by atoms with Crippen LogP contribution in [-0.4, -0.2) is 37.2 Å². The van der Waals surface area contributed by atoms with Crippen LogP contribution in [-0.2, 0) is 7.05 Å². The van der Waals surface area contributed by atoms with Gasteiger partial charge in [0.1, 0.15) is 11.2 Å². The van der Waals surface area contributed by atoms with E-state index < -0.39 is 11.1 Å². The van der Waals surface area contributed by atoms with E-state index in [4.69, 9.17) is 28.5 Å². The maximum atomic E-state index is 12.8. The molecule has 4 heterocycles.